The minimum Gasteiger partial charge on any atom is -0.497 e. The molecular weight excluding hydrogens is 406 g/mol. The monoisotopic (exact) mass is 435 g/mol. The van der Waals surface area contributed by atoms with Gasteiger partial charge < -0.3 is 19.3 Å². The Hall–Kier alpha value is -3.19. The molecule has 3 aromatic rings. The van der Waals surface area contributed by atoms with Crippen LogP contribution in [0.3, 0.4) is 0 Å². The zero-order valence-electron chi connectivity index (χ0n) is 18.3. The van der Waals surface area contributed by atoms with Crippen LogP contribution in [0.2, 0.25) is 0 Å². The summed E-state index contributed by atoms with van der Waals surface area (Å²) in [5.41, 5.74) is 1.81. The molecule has 4 rings (SSSR count). The van der Waals surface area contributed by atoms with Gasteiger partial charge in [-0.25, -0.2) is 0 Å². The minimum atomic E-state index is -0.467. The predicted octanol–water partition coefficient (Wildman–Crippen LogP) is 4.04. The molecule has 1 fully saturated rings. The van der Waals surface area contributed by atoms with Gasteiger partial charge in [0.2, 0.25) is 17.6 Å². The van der Waals surface area contributed by atoms with Crippen LogP contribution in [0.5, 0.6) is 5.75 Å². The molecule has 32 heavy (non-hydrogen) atoms. The molecule has 1 N–H and O–H groups in total. The lowest BCUT2D eigenvalue weighted by Crippen LogP contribution is -2.39. The van der Waals surface area contributed by atoms with E-state index < -0.39 is 6.10 Å². The van der Waals surface area contributed by atoms with E-state index in [4.69, 9.17) is 9.26 Å². The highest BCUT2D eigenvalue weighted by Crippen LogP contribution is 2.31. The van der Waals surface area contributed by atoms with E-state index in [1.54, 1.807) is 7.11 Å². The number of hydrogen-bond donors (Lipinski definition) is 1. The molecule has 1 aliphatic heterocycles. The number of piperidine rings is 1. The van der Waals surface area contributed by atoms with Gasteiger partial charge in [0.25, 0.3) is 0 Å². The van der Waals surface area contributed by atoms with E-state index in [1.807, 2.05) is 59.5 Å². The van der Waals surface area contributed by atoms with Gasteiger partial charge in [-0.3, -0.25) is 4.79 Å². The van der Waals surface area contributed by atoms with Crippen LogP contribution in [-0.2, 0) is 11.2 Å². The summed E-state index contributed by atoms with van der Waals surface area (Å²) in [7, 11) is 1.62. The number of benzene rings is 2. The molecule has 2 aromatic carbocycles. The van der Waals surface area contributed by atoms with Crippen LogP contribution in [0.15, 0.2) is 59.1 Å². The first kappa shape index (κ1) is 22.0. The van der Waals surface area contributed by atoms with E-state index in [-0.39, 0.29) is 11.8 Å². The first-order valence-corrected chi connectivity index (χ1v) is 11.1. The van der Waals surface area contributed by atoms with Crippen LogP contribution in [0.25, 0.3) is 11.4 Å². The molecule has 0 bridgehead atoms. The van der Waals surface area contributed by atoms with E-state index in [1.165, 1.54) is 0 Å². The van der Waals surface area contributed by atoms with Gasteiger partial charge in [-0.1, -0.05) is 35.5 Å². The van der Waals surface area contributed by atoms with Crippen LogP contribution in [0.4, 0.5) is 0 Å². The Kier molecular flexibility index (Phi) is 7.17. The lowest BCUT2D eigenvalue weighted by molar-refractivity contribution is -0.133. The van der Waals surface area contributed by atoms with Crippen molar-refractivity contribution in [3.05, 3.63) is 66.1 Å². The van der Waals surface area contributed by atoms with Gasteiger partial charge in [0, 0.05) is 31.5 Å². The number of carbonyl (C=O) groups is 1. The summed E-state index contributed by atoms with van der Waals surface area (Å²) in [5, 5.41) is 14.6. The summed E-state index contributed by atoms with van der Waals surface area (Å²) in [6, 6.07) is 17.2. The molecule has 0 aliphatic carbocycles. The van der Waals surface area contributed by atoms with Gasteiger partial charge in [-0.15, -0.1) is 0 Å². The topological polar surface area (TPSA) is 88.7 Å². The number of aryl methyl sites for hydroxylation is 1. The summed E-state index contributed by atoms with van der Waals surface area (Å²) >= 11 is 0. The van der Waals surface area contributed by atoms with Crippen molar-refractivity contribution < 1.29 is 19.2 Å². The van der Waals surface area contributed by atoms with Crippen LogP contribution < -0.4 is 4.74 Å². The van der Waals surface area contributed by atoms with E-state index in [9.17, 15) is 9.90 Å². The van der Waals surface area contributed by atoms with Gasteiger partial charge in [-0.05, 0) is 55.0 Å². The molecule has 0 saturated carbocycles. The number of carbonyl (C=O) groups excluding carboxylic acids is 1. The Morgan fingerprint density at radius 1 is 1.16 bits per heavy atom. The Bertz CT molecular complexity index is 996. The highest BCUT2D eigenvalue weighted by Gasteiger charge is 2.28. The summed E-state index contributed by atoms with van der Waals surface area (Å²) < 4.78 is 10.5. The van der Waals surface area contributed by atoms with E-state index >= 15 is 0 Å². The first-order chi connectivity index (χ1) is 15.6. The Morgan fingerprint density at radius 3 is 2.56 bits per heavy atom. The lowest BCUT2D eigenvalue weighted by Gasteiger charge is -2.34. The van der Waals surface area contributed by atoms with Gasteiger partial charge in [0.1, 0.15) is 5.75 Å². The van der Waals surface area contributed by atoms with Gasteiger partial charge in [-0.2, -0.15) is 4.98 Å². The third kappa shape index (κ3) is 5.34. The number of aromatic nitrogens is 2. The van der Waals surface area contributed by atoms with Crippen molar-refractivity contribution in [3.8, 4) is 17.1 Å². The molecule has 0 radical (unpaired) electrons. The quantitative estimate of drug-likeness (QED) is 0.574. The normalized spacial score (nSPS) is 15.5. The maximum absolute atomic E-state index is 12.6. The predicted molar refractivity (Wildman–Crippen MR) is 120 cm³/mol. The number of hydrogen-bond acceptors (Lipinski definition) is 6. The van der Waals surface area contributed by atoms with Crippen LogP contribution in [-0.4, -0.2) is 46.3 Å². The second-order valence-electron chi connectivity index (χ2n) is 8.17. The smallest absolute Gasteiger partial charge is 0.226 e. The molecule has 1 saturated heterocycles. The van der Waals surface area contributed by atoms with Crippen molar-refractivity contribution in [1.82, 2.24) is 15.0 Å². The Morgan fingerprint density at radius 2 is 1.88 bits per heavy atom. The van der Waals surface area contributed by atoms with E-state index in [0.717, 1.165) is 29.7 Å². The molecular formula is C25H29N3O4. The number of ether oxygens (including phenoxy) is 1. The SMILES string of the molecule is COc1ccc(-c2noc(CCCC(=O)N3CCC(C(O)c4ccccc4)CC3)n2)cc1. The summed E-state index contributed by atoms with van der Waals surface area (Å²) in [4.78, 5) is 18.9. The van der Waals surface area contributed by atoms with Crippen molar-refractivity contribution in [3.63, 3.8) is 0 Å². The van der Waals surface area contributed by atoms with Crippen molar-refractivity contribution in [2.45, 2.75) is 38.2 Å². The van der Waals surface area contributed by atoms with Crippen molar-refractivity contribution in [1.29, 1.82) is 0 Å². The van der Waals surface area contributed by atoms with Gasteiger partial charge >= 0.3 is 0 Å². The first-order valence-electron chi connectivity index (χ1n) is 11.1. The molecule has 1 atom stereocenters. The highest BCUT2D eigenvalue weighted by atomic mass is 16.5. The zero-order valence-corrected chi connectivity index (χ0v) is 18.3. The van der Waals surface area contributed by atoms with E-state index in [0.29, 0.717) is 44.1 Å². The molecule has 7 heteroatoms. The fourth-order valence-electron chi connectivity index (χ4n) is 4.15. The standard InChI is InChI=1S/C25H29N3O4/c1-31-21-12-10-20(11-13-21)25-26-22(32-27-25)8-5-9-23(29)28-16-14-19(15-17-28)24(30)18-6-3-2-4-7-18/h2-4,6-7,10-13,19,24,30H,5,8-9,14-17H2,1H3. The molecule has 2 heterocycles. The number of likely N-dealkylation sites (tertiary alicyclic amines) is 1. The van der Waals surface area contributed by atoms with E-state index in [2.05, 4.69) is 10.1 Å². The molecule has 1 unspecified atom stereocenters. The average Bonchev–Trinajstić information content (AvgIpc) is 3.33. The van der Waals surface area contributed by atoms with Crippen LogP contribution in [0, 0.1) is 5.92 Å². The number of rotatable bonds is 8. The third-order valence-electron chi connectivity index (χ3n) is 6.08. The molecule has 1 aromatic heterocycles. The van der Waals surface area contributed by atoms with Crippen molar-refractivity contribution in [2.75, 3.05) is 20.2 Å². The molecule has 1 amide bonds. The number of aliphatic hydroxyl groups excluding tert-OH is 1. The third-order valence-corrected chi connectivity index (χ3v) is 6.08. The highest BCUT2D eigenvalue weighted by molar-refractivity contribution is 5.76. The fourth-order valence-corrected chi connectivity index (χ4v) is 4.15. The number of amides is 1. The maximum Gasteiger partial charge on any atom is 0.226 e. The van der Waals surface area contributed by atoms with Crippen LogP contribution in [0.1, 0.15) is 43.2 Å². The summed E-state index contributed by atoms with van der Waals surface area (Å²) in [6.45, 7) is 1.38. The van der Waals surface area contributed by atoms with Gasteiger partial charge in [0.05, 0.1) is 13.2 Å². The number of methoxy groups -OCH3 is 1. The maximum atomic E-state index is 12.6. The number of aliphatic hydroxyl groups is 1. The lowest BCUT2D eigenvalue weighted by atomic mass is 9.87. The minimum absolute atomic E-state index is 0.146. The zero-order chi connectivity index (χ0) is 22.3. The van der Waals surface area contributed by atoms with Gasteiger partial charge in [0.15, 0.2) is 0 Å². The van der Waals surface area contributed by atoms with Crippen LogP contribution >= 0.6 is 0 Å². The Labute approximate surface area is 188 Å². The second-order valence-corrected chi connectivity index (χ2v) is 8.17. The fraction of sp³-hybridized carbons (Fsp3) is 0.400. The molecule has 168 valence electrons. The second kappa shape index (κ2) is 10.4. The molecule has 0 spiro atoms. The number of nitrogens with zero attached hydrogens (tertiary/aromatic N) is 3. The molecule has 7 nitrogen and oxygen atoms in total. The van der Waals surface area contributed by atoms with Crippen molar-refractivity contribution in [2.24, 2.45) is 5.92 Å². The molecule has 1 aliphatic rings. The van der Waals surface area contributed by atoms with Crippen molar-refractivity contribution >= 4 is 5.91 Å². The average molecular weight is 436 g/mol. The largest absolute Gasteiger partial charge is 0.497 e. The summed E-state index contributed by atoms with van der Waals surface area (Å²) in [5.74, 6) is 2.18. The summed E-state index contributed by atoms with van der Waals surface area (Å²) in [6.07, 6.45) is 2.85. The Balaban J connectivity index is 1.21.